The van der Waals surface area contributed by atoms with E-state index in [4.69, 9.17) is 16.3 Å². The second kappa shape index (κ2) is 7.89. The number of nitrogens with one attached hydrogen (secondary N) is 2. The number of rotatable bonds is 4. The predicted octanol–water partition coefficient (Wildman–Crippen LogP) is 3.28. The van der Waals surface area contributed by atoms with Gasteiger partial charge in [0.25, 0.3) is 5.91 Å². The summed E-state index contributed by atoms with van der Waals surface area (Å²) in [5.41, 5.74) is 1.84. The number of carbonyl (C=O) groups excluding carboxylic acids is 1. The Kier molecular flexibility index (Phi) is 5.46. The van der Waals surface area contributed by atoms with Crippen molar-refractivity contribution < 1.29 is 17.9 Å². The van der Waals surface area contributed by atoms with Gasteiger partial charge in [-0.3, -0.25) is 9.79 Å². The van der Waals surface area contributed by atoms with Crippen molar-refractivity contribution in [1.29, 1.82) is 0 Å². The minimum absolute atomic E-state index is 0.0103. The molecule has 0 unspecified atom stereocenters. The highest BCUT2D eigenvalue weighted by Crippen LogP contribution is 2.34. The molecule has 0 radical (unpaired) electrons. The Morgan fingerprint density at radius 2 is 1.90 bits per heavy atom. The summed E-state index contributed by atoms with van der Waals surface area (Å²) < 4.78 is 28.4. The number of amidine groups is 1. The number of ether oxygens (including phenoxy) is 1. The number of benzene rings is 2. The number of fused-ring (bicyclic) bond motifs is 1. The second-order valence-electron chi connectivity index (χ2n) is 6.74. The maximum absolute atomic E-state index is 12.4. The first-order chi connectivity index (χ1) is 13.8. The maximum atomic E-state index is 12.4. The van der Waals surface area contributed by atoms with Crippen LogP contribution in [0.1, 0.15) is 10.4 Å². The first-order valence-corrected chi connectivity index (χ1v) is 11.9. The molecule has 0 saturated carbocycles. The lowest BCUT2D eigenvalue weighted by molar-refractivity contribution is 0.102. The van der Waals surface area contributed by atoms with Crippen molar-refractivity contribution in [3.8, 4) is 5.75 Å². The van der Waals surface area contributed by atoms with E-state index in [0.29, 0.717) is 27.2 Å². The summed E-state index contributed by atoms with van der Waals surface area (Å²) in [4.78, 5) is 16.9. The summed E-state index contributed by atoms with van der Waals surface area (Å²) in [5.74, 6) is 0.565. The van der Waals surface area contributed by atoms with E-state index in [2.05, 4.69) is 15.6 Å². The van der Waals surface area contributed by atoms with Crippen molar-refractivity contribution in [1.82, 2.24) is 0 Å². The number of methoxy groups -OCH3 is 1. The Hall–Kier alpha value is -2.23. The highest BCUT2D eigenvalue weighted by Gasteiger charge is 2.42. The minimum atomic E-state index is -2.96. The average molecular weight is 452 g/mol. The van der Waals surface area contributed by atoms with E-state index in [1.807, 2.05) is 0 Å². The molecule has 2 aromatic carbocycles. The molecule has 2 aromatic rings. The van der Waals surface area contributed by atoms with Gasteiger partial charge >= 0.3 is 0 Å². The van der Waals surface area contributed by atoms with Crippen molar-refractivity contribution in [2.24, 2.45) is 4.99 Å². The Morgan fingerprint density at radius 1 is 1.17 bits per heavy atom. The first kappa shape index (κ1) is 20.1. The van der Waals surface area contributed by atoms with E-state index >= 15 is 0 Å². The van der Waals surface area contributed by atoms with E-state index in [9.17, 15) is 13.2 Å². The molecule has 10 heteroatoms. The summed E-state index contributed by atoms with van der Waals surface area (Å²) in [6.07, 6.45) is 0. The van der Waals surface area contributed by atoms with Crippen molar-refractivity contribution in [3.63, 3.8) is 0 Å². The second-order valence-corrected chi connectivity index (χ2v) is 10.5. The average Bonchev–Trinajstić information content (AvgIpc) is 3.15. The number of carbonyl (C=O) groups is 1. The first-order valence-electron chi connectivity index (χ1n) is 8.80. The quantitative estimate of drug-likeness (QED) is 0.740. The molecule has 0 bridgehead atoms. The Balaban J connectivity index is 1.38. The number of amides is 1. The zero-order valence-corrected chi connectivity index (χ0v) is 17.8. The molecule has 2 aliphatic heterocycles. The van der Waals surface area contributed by atoms with Gasteiger partial charge in [-0.25, -0.2) is 8.42 Å². The molecule has 1 saturated heterocycles. The molecule has 0 aliphatic carbocycles. The van der Waals surface area contributed by atoms with Gasteiger partial charge in [0.15, 0.2) is 15.0 Å². The molecule has 1 amide bonds. The lowest BCUT2D eigenvalue weighted by Gasteiger charge is -2.10. The monoisotopic (exact) mass is 451 g/mol. The van der Waals surface area contributed by atoms with Crippen LogP contribution in [0.5, 0.6) is 5.75 Å². The molecule has 0 aromatic heterocycles. The van der Waals surface area contributed by atoms with Gasteiger partial charge in [-0.2, -0.15) is 0 Å². The summed E-state index contributed by atoms with van der Waals surface area (Å²) in [5, 5.41) is 7.09. The van der Waals surface area contributed by atoms with Crippen LogP contribution in [0.2, 0.25) is 5.02 Å². The van der Waals surface area contributed by atoms with E-state index < -0.39 is 9.84 Å². The Bertz CT molecular complexity index is 1090. The highest BCUT2D eigenvalue weighted by molar-refractivity contribution is 8.15. The van der Waals surface area contributed by atoms with Crippen molar-refractivity contribution in [2.45, 2.75) is 11.3 Å². The standard InChI is InChI=1S/C19H18ClN3O4S2/c1-27-16-7-6-13(8-14(16)20)21-18(24)11-2-4-12(5-3-11)22-19-23-15-9-29(25,26)10-17(15)28-19/h2-8,15,17H,9-10H2,1H3,(H,21,24)(H,22,23)/t15-,17+/m1/s1. The molecule has 1 fully saturated rings. The highest BCUT2D eigenvalue weighted by atomic mass is 35.5. The molecule has 2 atom stereocenters. The topological polar surface area (TPSA) is 96.9 Å². The number of hydrogen-bond donors (Lipinski definition) is 2. The lowest BCUT2D eigenvalue weighted by atomic mass is 10.2. The molecule has 2 N–H and O–H groups in total. The molecule has 0 spiro atoms. The van der Waals surface area contributed by atoms with Crippen LogP contribution < -0.4 is 15.4 Å². The third-order valence-corrected chi connectivity index (χ3v) is 8.06. The molecule has 7 nitrogen and oxygen atoms in total. The summed E-state index contributed by atoms with van der Waals surface area (Å²) in [7, 11) is -1.44. The molecular formula is C19H18ClN3O4S2. The number of sulfone groups is 1. The molecule has 2 heterocycles. The minimum Gasteiger partial charge on any atom is -0.495 e. The fourth-order valence-corrected chi connectivity index (χ4v) is 7.13. The Labute approximate surface area is 177 Å². The van der Waals surface area contributed by atoms with Crippen LogP contribution in [0.4, 0.5) is 11.4 Å². The summed E-state index contributed by atoms with van der Waals surface area (Å²) in [6.45, 7) is 0. The molecule has 29 heavy (non-hydrogen) atoms. The van der Waals surface area contributed by atoms with E-state index in [-0.39, 0.29) is 28.7 Å². The van der Waals surface area contributed by atoms with Gasteiger partial charge in [0.1, 0.15) is 5.75 Å². The largest absolute Gasteiger partial charge is 0.495 e. The number of aliphatic imine (C=N–C) groups is 1. The maximum Gasteiger partial charge on any atom is 0.255 e. The predicted molar refractivity (Wildman–Crippen MR) is 117 cm³/mol. The third kappa shape index (κ3) is 4.52. The number of thioether (sulfide) groups is 1. The molecular weight excluding hydrogens is 434 g/mol. The van der Waals surface area contributed by atoms with Crippen molar-refractivity contribution in [2.75, 3.05) is 29.2 Å². The van der Waals surface area contributed by atoms with Gasteiger partial charge in [0.2, 0.25) is 0 Å². The number of halogens is 1. The van der Waals surface area contributed by atoms with Gasteiger partial charge in [-0.15, -0.1) is 0 Å². The Morgan fingerprint density at radius 3 is 2.55 bits per heavy atom. The van der Waals surface area contributed by atoms with Gasteiger partial charge in [0, 0.05) is 22.2 Å². The zero-order chi connectivity index (χ0) is 20.6. The van der Waals surface area contributed by atoms with E-state index in [1.54, 1.807) is 42.5 Å². The molecule has 152 valence electrons. The fraction of sp³-hybridized carbons (Fsp3) is 0.263. The van der Waals surface area contributed by atoms with Gasteiger partial charge in [-0.05, 0) is 42.5 Å². The zero-order valence-electron chi connectivity index (χ0n) is 15.4. The van der Waals surface area contributed by atoms with Gasteiger partial charge in [-0.1, -0.05) is 23.4 Å². The SMILES string of the molecule is COc1ccc(NC(=O)c2ccc(NC3=N[C@@H]4CS(=O)(=O)C[C@@H]4S3)cc2)cc1Cl. The van der Waals surface area contributed by atoms with Crippen molar-refractivity contribution >= 4 is 55.6 Å². The summed E-state index contributed by atoms with van der Waals surface area (Å²) in [6, 6.07) is 11.8. The number of hydrogen-bond acceptors (Lipinski definition) is 7. The van der Waals surface area contributed by atoms with Crippen LogP contribution in [0.25, 0.3) is 0 Å². The smallest absolute Gasteiger partial charge is 0.255 e. The normalized spacial score (nSPS) is 21.9. The lowest BCUT2D eigenvalue weighted by Crippen LogP contribution is -2.13. The third-order valence-electron chi connectivity index (χ3n) is 4.63. The van der Waals surface area contributed by atoms with Crippen LogP contribution >= 0.6 is 23.4 Å². The van der Waals surface area contributed by atoms with Crippen LogP contribution in [0.3, 0.4) is 0 Å². The fourth-order valence-electron chi connectivity index (χ4n) is 3.19. The summed E-state index contributed by atoms with van der Waals surface area (Å²) >= 11 is 7.53. The van der Waals surface area contributed by atoms with Crippen LogP contribution in [-0.4, -0.2) is 49.4 Å². The molecule has 4 rings (SSSR count). The number of nitrogens with zero attached hydrogens (tertiary/aromatic N) is 1. The van der Waals surface area contributed by atoms with E-state index in [1.165, 1.54) is 18.9 Å². The number of anilines is 2. The van der Waals surface area contributed by atoms with Crippen LogP contribution in [0.15, 0.2) is 47.5 Å². The van der Waals surface area contributed by atoms with Gasteiger partial charge in [0.05, 0.1) is 29.7 Å². The van der Waals surface area contributed by atoms with Crippen molar-refractivity contribution in [3.05, 3.63) is 53.1 Å². The molecule has 2 aliphatic rings. The van der Waals surface area contributed by atoms with Crippen LogP contribution in [-0.2, 0) is 9.84 Å². The van der Waals surface area contributed by atoms with Gasteiger partial charge < -0.3 is 15.4 Å². The van der Waals surface area contributed by atoms with Crippen LogP contribution in [0, 0.1) is 0 Å². The van der Waals surface area contributed by atoms with E-state index in [0.717, 1.165) is 5.69 Å².